The Labute approximate surface area is 164 Å². The Balaban J connectivity index is 2.22. The van der Waals surface area contributed by atoms with Crippen molar-refractivity contribution in [2.24, 2.45) is 5.73 Å². The molecule has 0 aliphatic heterocycles. The molecular weight excluding hydrogens is 380 g/mol. The highest BCUT2D eigenvalue weighted by atomic mass is 32.2. The molecule has 150 valence electrons. The number of amides is 1. The number of hydrogen-bond donors (Lipinski definition) is 2. The molecule has 0 spiro atoms. The predicted molar refractivity (Wildman–Crippen MR) is 105 cm³/mol. The molecule has 1 amide bonds. The zero-order valence-corrected chi connectivity index (χ0v) is 17.1. The number of hydrogen-bond acceptors (Lipinski definition) is 5. The third kappa shape index (κ3) is 5.64. The quantitative estimate of drug-likeness (QED) is 0.718. The number of nitrogens with one attached hydrogen (secondary N) is 1. The van der Waals surface area contributed by atoms with Crippen molar-refractivity contribution in [1.29, 1.82) is 0 Å². The van der Waals surface area contributed by atoms with Crippen LogP contribution in [0.5, 0.6) is 0 Å². The van der Waals surface area contributed by atoms with Crippen LogP contribution in [0.2, 0.25) is 0 Å². The third-order valence-corrected chi connectivity index (χ3v) is 5.52. The summed E-state index contributed by atoms with van der Waals surface area (Å²) in [6.07, 6.45) is 0. The number of benzene rings is 2. The number of rotatable bonds is 6. The van der Waals surface area contributed by atoms with Crippen molar-refractivity contribution in [3.05, 3.63) is 64.7 Å². The molecule has 0 radical (unpaired) electrons. The fourth-order valence-electron chi connectivity index (χ4n) is 2.49. The van der Waals surface area contributed by atoms with Crippen LogP contribution in [0.1, 0.15) is 52.6 Å². The van der Waals surface area contributed by atoms with Crippen LogP contribution in [-0.4, -0.2) is 25.8 Å². The van der Waals surface area contributed by atoms with Gasteiger partial charge in [0.05, 0.1) is 10.5 Å². The zero-order valence-electron chi connectivity index (χ0n) is 16.3. The molecule has 0 saturated heterocycles. The number of sulfonamides is 1. The standard InChI is InChI=1S/C20H24N2O5S/c1-13-8-9-16(28(25,26)22-20(2,3)4)11-17(13)19(24)27-12-14-6-5-7-15(10-14)18(21)23/h5-11,22H,12H2,1-4H3,(H2,21,23). The molecule has 0 fully saturated rings. The third-order valence-electron chi connectivity index (χ3n) is 3.76. The Morgan fingerprint density at radius 3 is 2.39 bits per heavy atom. The Bertz CT molecular complexity index is 1010. The van der Waals surface area contributed by atoms with E-state index >= 15 is 0 Å². The van der Waals surface area contributed by atoms with Crippen molar-refractivity contribution in [1.82, 2.24) is 4.72 Å². The van der Waals surface area contributed by atoms with Crippen molar-refractivity contribution in [3.8, 4) is 0 Å². The summed E-state index contributed by atoms with van der Waals surface area (Å²) in [5.41, 5.74) is 6.24. The van der Waals surface area contributed by atoms with Crippen LogP contribution in [0.15, 0.2) is 47.4 Å². The van der Waals surface area contributed by atoms with Gasteiger partial charge < -0.3 is 10.5 Å². The van der Waals surface area contributed by atoms with Crippen molar-refractivity contribution >= 4 is 21.9 Å². The number of esters is 1. The minimum atomic E-state index is -3.78. The molecule has 0 aliphatic rings. The fourth-order valence-corrected chi connectivity index (χ4v) is 3.94. The zero-order chi connectivity index (χ0) is 21.1. The summed E-state index contributed by atoms with van der Waals surface area (Å²) in [6, 6.07) is 10.7. The maximum atomic E-state index is 12.5. The Morgan fingerprint density at radius 1 is 1.11 bits per heavy atom. The summed E-state index contributed by atoms with van der Waals surface area (Å²) < 4.78 is 32.9. The van der Waals surface area contributed by atoms with E-state index in [1.54, 1.807) is 52.0 Å². The minimum Gasteiger partial charge on any atom is -0.457 e. The van der Waals surface area contributed by atoms with Gasteiger partial charge in [-0.1, -0.05) is 18.2 Å². The van der Waals surface area contributed by atoms with E-state index < -0.39 is 27.4 Å². The van der Waals surface area contributed by atoms with Gasteiger partial charge >= 0.3 is 5.97 Å². The fraction of sp³-hybridized carbons (Fsp3) is 0.300. The van der Waals surface area contributed by atoms with E-state index in [0.29, 0.717) is 16.7 Å². The lowest BCUT2D eigenvalue weighted by atomic mass is 10.1. The van der Waals surface area contributed by atoms with Crippen LogP contribution in [0.25, 0.3) is 0 Å². The van der Waals surface area contributed by atoms with Crippen molar-refractivity contribution in [2.45, 2.75) is 44.7 Å². The summed E-state index contributed by atoms with van der Waals surface area (Å²) in [5, 5.41) is 0. The molecule has 0 bridgehead atoms. The molecule has 2 rings (SSSR count). The highest BCUT2D eigenvalue weighted by Gasteiger charge is 2.24. The van der Waals surface area contributed by atoms with Gasteiger partial charge in [0.2, 0.25) is 15.9 Å². The number of aryl methyl sites for hydroxylation is 1. The number of nitrogens with two attached hydrogens (primary N) is 1. The normalized spacial score (nSPS) is 11.9. The molecule has 0 heterocycles. The molecule has 7 nitrogen and oxygen atoms in total. The maximum Gasteiger partial charge on any atom is 0.338 e. The molecular formula is C20H24N2O5S. The van der Waals surface area contributed by atoms with E-state index in [-0.39, 0.29) is 17.1 Å². The first-order valence-electron chi connectivity index (χ1n) is 8.59. The molecule has 0 saturated carbocycles. The lowest BCUT2D eigenvalue weighted by Gasteiger charge is -2.20. The van der Waals surface area contributed by atoms with Crippen LogP contribution in [-0.2, 0) is 21.4 Å². The largest absolute Gasteiger partial charge is 0.457 e. The van der Waals surface area contributed by atoms with E-state index in [0.717, 1.165) is 0 Å². The molecule has 3 N–H and O–H groups in total. The van der Waals surface area contributed by atoms with Crippen LogP contribution in [0, 0.1) is 6.92 Å². The van der Waals surface area contributed by atoms with Gasteiger partial charge in [0.15, 0.2) is 0 Å². The van der Waals surface area contributed by atoms with Gasteiger partial charge in [0.25, 0.3) is 0 Å². The van der Waals surface area contributed by atoms with E-state index in [1.807, 2.05) is 0 Å². The van der Waals surface area contributed by atoms with Gasteiger partial charge in [-0.15, -0.1) is 0 Å². The Hall–Kier alpha value is -2.71. The minimum absolute atomic E-state index is 0.0179. The first kappa shape index (κ1) is 21.6. The topological polar surface area (TPSA) is 116 Å². The first-order valence-corrected chi connectivity index (χ1v) is 10.1. The maximum absolute atomic E-state index is 12.5. The van der Waals surface area contributed by atoms with Gasteiger partial charge in [0, 0.05) is 11.1 Å². The molecule has 28 heavy (non-hydrogen) atoms. The lowest BCUT2D eigenvalue weighted by molar-refractivity contribution is 0.0471. The monoisotopic (exact) mass is 404 g/mol. The van der Waals surface area contributed by atoms with Gasteiger partial charge in [-0.2, -0.15) is 0 Å². The molecule has 2 aromatic carbocycles. The number of ether oxygens (including phenoxy) is 1. The smallest absolute Gasteiger partial charge is 0.338 e. The Kier molecular flexibility index (Phi) is 6.26. The van der Waals surface area contributed by atoms with Crippen LogP contribution in [0.3, 0.4) is 0 Å². The van der Waals surface area contributed by atoms with E-state index in [4.69, 9.17) is 10.5 Å². The number of carbonyl (C=O) groups is 2. The lowest BCUT2D eigenvalue weighted by Crippen LogP contribution is -2.40. The van der Waals surface area contributed by atoms with Crippen molar-refractivity contribution in [2.75, 3.05) is 0 Å². The molecule has 0 aromatic heterocycles. The Morgan fingerprint density at radius 2 is 1.79 bits per heavy atom. The highest BCUT2D eigenvalue weighted by Crippen LogP contribution is 2.19. The van der Waals surface area contributed by atoms with Gasteiger partial charge in [-0.25, -0.2) is 17.9 Å². The second-order valence-electron chi connectivity index (χ2n) is 7.47. The van der Waals surface area contributed by atoms with Crippen molar-refractivity contribution in [3.63, 3.8) is 0 Å². The second kappa shape index (κ2) is 8.12. The van der Waals surface area contributed by atoms with E-state index in [9.17, 15) is 18.0 Å². The van der Waals surface area contributed by atoms with Gasteiger partial charge in [-0.05, 0) is 63.1 Å². The summed E-state index contributed by atoms with van der Waals surface area (Å²) in [5.74, 6) is -1.23. The highest BCUT2D eigenvalue weighted by molar-refractivity contribution is 7.89. The van der Waals surface area contributed by atoms with Crippen LogP contribution in [0.4, 0.5) is 0 Å². The van der Waals surface area contributed by atoms with Crippen LogP contribution >= 0.6 is 0 Å². The summed E-state index contributed by atoms with van der Waals surface area (Å²) in [7, 11) is -3.78. The molecule has 0 unspecified atom stereocenters. The number of carbonyl (C=O) groups excluding carboxylic acids is 2. The van der Waals surface area contributed by atoms with E-state index in [2.05, 4.69) is 4.72 Å². The first-order chi connectivity index (χ1) is 12.9. The van der Waals surface area contributed by atoms with Gasteiger partial charge in [0.1, 0.15) is 6.61 Å². The second-order valence-corrected chi connectivity index (χ2v) is 9.16. The summed E-state index contributed by atoms with van der Waals surface area (Å²) in [6.45, 7) is 6.81. The van der Waals surface area contributed by atoms with Crippen molar-refractivity contribution < 1.29 is 22.7 Å². The van der Waals surface area contributed by atoms with Crippen LogP contribution < -0.4 is 10.5 Å². The number of primary amides is 1. The SMILES string of the molecule is Cc1ccc(S(=O)(=O)NC(C)(C)C)cc1C(=O)OCc1cccc(C(N)=O)c1. The predicted octanol–water partition coefficient (Wildman–Crippen LogP) is 2.53. The van der Waals surface area contributed by atoms with E-state index in [1.165, 1.54) is 18.2 Å². The average molecular weight is 404 g/mol. The molecule has 0 atom stereocenters. The van der Waals surface area contributed by atoms with Gasteiger partial charge in [-0.3, -0.25) is 4.79 Å². The summed E-state index contributed by atoms with van der Waals surface area (Å²) in [4.78, 5) is 23.7. The average Bonchev–Trinajstić information content (AvgIpc) is 2.58. The molecule has 8 heteroatoms. The summed E-state index contributed by atoms with van der Waals surface area (Å²) >= 11 is 0. The molecule has 0 aliphatic carbocycles. The molecule has 2 aromatic rings.